The predicted molar refractivity (Wildman–Crippen MR) is 68.1 cm³/mol. The quantitative estimate of drug-likeness (QED) is 0.787. The van der Waals surface area contributed by atoms with Crippen molar-refractivity contribution in [3.63, 3.8) is 0 Å². The van der Waals surface area contributed by atoms with E-state index >= 15 is 0 Å². The van der Waals surface area contributed by atoms with Gasteiger partial charge in [0.1, 0.15) is 0 Å². The number of carbonyl (C=O) groups is 1. The van der Waals surface area contributed by atoms with E-state index in [1.54, 1.807) is 0 Å². The van der Waals surface area contributed by atoms with Crippen LogP contribution in [0.2, 0.25) is 0 Å². The van der Waals surface area contributed by atoms with Crippen LogP contribution in [0.5, 0.6) is 0 Å². The molecule has 2 rings (SSSR count). The van der Waals surface area contributed by atoms with Crippen molar-refractivity contribution in [1.82, 2.24) is 0 Å². The van der Waals surface area contributed by atoms with Gasteiger partial charge in [0, 0.05) is 6.08 Å². The van der Waals surface area contributed by atoms with Crippen molar-refractivity contribution in [2.45, 2.75) is 38.5 Å². The Balaban J connectivity index is 2.12. The molecule has 0 amide bonds. The third-order valence-corrected chi connectivity index (χ3v) is 3.44. The molecule has 1 saturated carbocycles. The molecule has 1 N–H and O–H groups in total. The van der Waals surface area contributed by atoms with Gasteiger partial charge in [0.15, 0.2) is 0 Å². The lowest BCUT2D eigenvalue weighted by atomic mass is 9.81. The highest BCUT2D eigenvalue weighted by atomic mass is 16.4. The fourth-order valence-electron chi connectivity index (χ4n) is 2.52. The summed E-state index contributed by atoms with van der Waals surface area (Å²) in [6.45, 7) is 2.08. The molecular formula is C15H18O2. The monoisotopic (exact) mass is 230 g/mol. The van der Waals surface area contributed by atoms with Crippen LogP contribution in [-0.4, -0.2) is 11.1 Å². The summed E-state index contributed by atoms with van der Waals surface area (Å²) in [6.07, 6.45) is 5.49. The topological polar surface area (TPSA) is 37.3 Å². The van der Waals surface area contributed by atoms with E-state index in [4.69, 9.17) is 5.11 Å². The van der Waals surface area contributed by atoms with Crippen LogP contribution >= 0.6 is 0 Å². The maximum absolute atomic E-state index is 10.7. The number of rotatable bonds is 2. The van der Waals surface area contributed by atoms with Crippen molar-refractivity contribution in [2.75, 3.05) is 0 Å². The first-order valence-electron chi connectivity index (χ1n) is 6.14. The van der Waals surface area contributed by atoms with Crippen LogP contribution in [0.15, 0.2) is 35.9 Å². The van der Waals surface area contributed by atoms with Gasteiger partial charge in [0.25, 0.3) is 0 Å². The zero-order chi connectivity index (χ0) is 12.3. The average Bonchev–Trinajstić information content (AvgIpc) is 2.29. The Morgan fingerprint density at radius 1 is 1.35 bits per heavy atom. The van der Waals surface area contributed by atoms with Crippen LogP contribution in [0.3, 0.4) is 0 Å². The number of carboxylic acid groups (broad SMARTS) is 1. The second-order valence-corrected chi connectivity index (χ2v) is 4.84. The highest BCUT2D eigenvalue weighted by Gasteiger charge is 2.19. The predicted octanol–water partition coefficient (Wildman–Crippen LogP) is 3.66. The Morgan fingerprint density at radius 2 is 2.06 bits per heavy atom. The molecule has 1 atom stereocenters. The van der Waals surface area contributed by atoms with Gasteiger partial charge in [-0.05, 0) is 44.1 Å². The molecule has 0 bridgehead atoms. The van der Waals surface area contributed by atoms with Gasteiger partial charge >= 0.3 is 5.97 Å². The SMILES string of the molecule is Cc1ccc(C2CCC/C(=C\C(=O)O)C2)cc1. The molecule has 90 valence electrons. The van der Waals surface area contributed by atoms with Gasteiger partial charge in [-0.15, -0.1) is 0 Å². The molecule has 0 saturated heterocycles. The molecule has 2 heteroatoms. The second-order valence-electron chi connectivity index (χ2n) is 4.84. The molecule has 1 unspecified atom stereocenters. The van der Waals surface area contributed by atoms with Gasteiger partial charge in [0.2, 0.25) is 0 Å². The van der Waals surface area contributed by atoms with Crippen LogP contribution in [0.1, 0.15) is 42.7 Å². The Bertz CT molecular complexity index is 429. The van der Waals surface area contributed by atoms with E-state index in [0.29, 0.717) is 5.92 Å². The van der Waals surface area contributed by atoms with E-state index in [1.165, 1.54) is 23.6 Å². The lowest BCUT2D eigenvalue weighted by Gasteiger charge is -2.24. The molecular weight excluding hydrogens is 212 g/mol. The normalized spacial score (nSPS) is 22.6. The van der Waals surface area contributed by atoms with Crippen molar-refractivity contribution >= 4 is 5.97 Å². The molecule has 0 aromatic heterocycles. The smallest absolute Gasteiger partial charge is 0.328 e. The number of hydrogen-bond acceptors (Lipinski definition) is 1. The molecule has 1 aliphatic carbocycles. The Morgan fingerprint density at radius 3 is 2.71 bits per heavy atom. The van der Waals surface area contributed by atoms with Crippen molar-refractivity contribution in [3.8, 4) is 0 Å². The van der Waals surface area contributed by atoms with E-state index in [2.05, 4.69) is 31.2 Å². The molecule has 0 aliphatic heterocycles. The fourth-order valence-corrected chi connectivity index (χ4v) is 2.52. The van der Waals surface area contributed by atoms with Gasteiger partial charge < -0.3 is 5.11 Å². The first kappa shape index (κ1) is 11.9. The van der Waals surface area contributed by atoms with Crippen LogP contribution < -0.4 is 0 Å². The minimum Gasteiger partial charge on any atom is -0.478 e. The Labute approximate surface area is 102 Å². The van der Waals surface area contributed by atoms with Crippen molar-refractivity contribution in [2.24, 2.45) is 0 Å². The maximum atomic E-state index is 10.7. The summed E-state index contributed by atoms with van der Waals surface area (Å²) in [5.74, 6) is -0.320. The molecule has 1 aliphatic rings. The number of aryl methyl sites for hydroxylation is 1. The van der Waals surface area contributed by atoms with Crippen LogP contribution in [0.25, 0.3) is 0 Å². The highest BCUT2D eigenvalue weighted by molar-refractivity contribution is 5.80. The molecule has 17 heavy (non-hydrogen) atoms. The summed E-state index contributed by atoms with van der Waals surface area (Å²) in [5.41, 5.74) is 3.69. The highest BCUT2D eigenvalue weighted by Crippen LogP contribution is 2.35. The van der Waals surface area contributed by atoms with E-state index in [-0.39, 0.29) is 0 Å². The second kappa shape index (κ2) is 5.17. The Kier molecular flexibility index (Phi) is 3.62. The van der Waals surface area contributed by atoms with E-state index < -0.39 is 5.97 Å². The van der Waals surface area contributed by atoms with Gasteiger partial charge in [0.05, 0.1) is 0 Å². The van der Waals surface area contributed by atoms with E-state index in [1.807, 2.05) is 0 Å². The molecule has 1 fully saturated rings. The number of benzene rings is 1. The summed E-state index contributed by atoms with van der Waals surface area (Å²) >= 11 is 0. The summed E-state index contributed by atoms with van der Waals surface area (Å²) in [7, 11) is 0. The first-order valence-corrected chi connectivity index (χ1v) is 6.14. The largest absolute Gasteiger partial charge is 0.478 e. The molecule has 0 spiro atoms. The van der Waals surface area contributed by atoms with Gasteiger partial charge in [-0.25, -0.2) is 4.79 Å². The average molecular weight is 230 g/mol. The van der Waals surface area contributed by atoms with E-state index in [9.17, 15) is 4.79 Å². The molecule has 1 aromatic carbocycles. The molecule has 0 heterocycles. The summed E-state index contributed by atoms with van der Waals surface area (Å²) < 4.78 is 0. The van der Waals surface area contributed by atoms with Gasteiger partial charge in [-0.3, -0.25) is 0 Å². The number of aliphatic carboxylic acids is 1. The number of allylic oxidation sites excluding steroid dienone is 1. The van der Waals surface area contributed by atoms with Crippen molar-refractivity contribution in [3.05, 3.63) is 47.0 Å². The van der Waals surface area contributed by atoms with Crippen molar-refractivity contribution in [1.29, 1.82) is 0 Å². The van der Waals surface area contributed by atoms with Crippen molar-refractivity contribution < 1.29 is 9.90 Å². The maximum Gasteiger partial charge on any atom is 0.328 e. The third-order valence-electron chi connectivity index (χ3n) is 3.44. The molecule has 2 nitrogen and oxygen atoms in total. The molecule has 1 aromatic rings. The van der Waals surface area contributed by atoms with Gasteiger partial charge in [-0.2, -0.15) is 0 Å². The zero-order valence-corrected chi connectivity index (χ0v) is 10.1. The van der Waals surface area contributed by atoms with Crippen LogP contribution in [-0.2, 0) is 4.79 Å². The summed E-state index contributed by atoms with van der Waals surface area (Å²) in [5, 5.41) is 8.78. The Hall–Kier alpha value is -1.57. The third kappa shape index (κ3) is 3.19. The standard InChI is InChI=1S/C15H18O2/c1-11-5-7-13(8-6-11)14-4-2-3-12(9-14)10-15(16)17/h5-8,10,14H,2-4,9H2,1H3,(H,16,17)/b12-10+. The number of carboxylic acids is 1. The summed E-state index contributed by atoms with van der Waals surface area (Å²) in [6, 6.07) is 8.60. The van der Waals surface area contributed by atoms with Crippen LogP contribution in [0.4, 0.5) is 0 Å². The minimum atomic E-state index is -0.815. The van der Waals surface area contributed by atoms with Gasteiger partial charge in [-0.1, -0.05) is 35.4 Å². The lowest BCUT2D eigenvalue weighted by molar-refractivity contribution is -0.131. The number of hydrogen-bond donors (Lipinski definition) is 1. The zero-order valence-electron chi connectivity index (χ0n) is 10.1. The van der Waals surface area contributed by atoms with Crippen LogP contribution in [0, 0.1) is 6.92 Å². The van der Waals surface area contributed by atoms with E-state index in [0.717, 1.165) is 24.8 Å². The fraction of sp³-hybridized carbons (Fsp3) is 0.400. The molecule has 0 radical (unpaired) electrons. The summed E-state index contributed by atoms with van der Waals surface area (Å²) in [4.78, 5) is 10.7. The lowest BCUT2D eigenvalue weighted by Crippen LogP contribution is -2.08. The first-order chi connectivity index (χ1) is 8.15. The minimum absolute atomic E-state index is 0.495.